The molecule has 0 fully saturated rings. The van der Waals surface area contributed by atoms with Gasteiger partial charge in [-0.15, -0.1) is 11.3 Å². The molecule has 0 N–H and O–H groups in total. The van der Waals surface area contributed by atoms with E-state index in [1.54, 1.807) is 11.3 Å². The van der Waals surface area contributed by atoms with Gasteiger partial charge in [-0.05, 0) is 71.8 Å². The number of para-hydroxylation sites is 2. The zero-order valence-electron chi connectivity index (χ0n) is 31.7. The van der Waals surface area contributed by atoms with E-state index < -0.39 is 0 Å². The molecule has 0 unspecified atom stereocenters. The predicted octanol–water partition coefficient (Wildman–Crippen LogP) is 13.7. The molecule has 0 spiro atoms. The maximum atomic E-state index is 5.18. The van der Waals surface area contributed by atoms with Crippen molar-refractivity contribution < 1.29 is 0 Å². The van der Waals surface area contributed by atoms with Crippen LogP contribution in [-0.4, -0.2) is 24.5 Å². The third-order valence-electron chi connectivity index (χ3n) is 10.7. The lowest BCUT2D eigenvalue weighted by molar-refractivity contribution is 0.954. The highest BCUT2D eigenvalue weighted by molar-refractivity contribution is 7.21. The molecule has 11 aromatic rings. The van der Waals surface area contributed by atoms with Crippen LogP contribution in [0.3, 0.4) is 0 Å². The summed E-state index contributed by atoms with van der Waals surface area (Å²) in [6.45, 7) is 0. The number of benzene rings is 8. The lowest BCUT2D eigenvalue weighted by atomic mass is 10.0. The van der Waals surface area contributed by atoms with Crippen molar-refractivity contribution in [3.63, 3.8) is 0 Å². The van der Waals surface area contributed by atoms with Crippen molar-refractivity contribution in [2.75, 3.05) is 4.90 Å². The predicted molar refractivity (Wildman–Crippen MR) is 244 cm³/mol. The van der Waals surface area contributed by atoms with E-state index in [2.05, 4.69) is 149 Å². The minimum Gasteiger partial charge on any atom is -0.311 e. The largest absolute Gasteiger partial charge is 0.311 e. The van der Waals surface area contributed by atoms with Gasteiger partial charge in [-0.25, -0.2) is 9.97 Å². The van der Waals surface area contributed by atoms with Crippen molar-refractivity contribution >= 4 is 60.4 Å². The Bertz CT molecular complexity index is 3140. The zero-order valence-corrected chi connectivity index (χ0v) is 32.5. The van der Waals surface area contributed by atoms with Gasteiger partial charge in [-0.1, -0.05) is 146 Å². The fourth-order valence-electron chi connectivity index (χ4n) is 7.84. The first-order valence-electron chi connectivity index (χ1n) is 19.6. The van der Waals surface area contributed by atoms with Gasteiger partial charge in [-0.2, -0.15) is 9.97 Å². The Kier molecular flexibility index (Phi) is 8.56. The van der Waals surface area contributed by atoms with Crippen molar-refractivity contribution in [2.24, 2.45) is 0 Å². The monoisotopic (exact) mass is 774 g/mol. The standard InChI is InChI=1S/C52H34N6S/c1-6-16-36(17-7-1)49-54-50(37-18-8-2-9-19-37)56-52(55-49)58-46-31-28-39(32-43(46)44-33-48-45(34-47(44)58)53-51(59-48)38-20-10-3-11-21-38)35-26-29-42(30-27-35)57(40-22-12-4-13-23-40)41-24-14-5-15-25-41/h1-34H. The molecule has 0 aliphatic rings. The number of thiazole rings is 1. The second kappa shape index (κ2) is 14.6. The Morgan fingerprint density at radius 2 is 0.864 bits per heavy atom. The van der Waals surface area contributed by atoms with Gasteiger partial charge in [0.05, 0.1) is 21.3 Å². The minimum atomic E-state index is 0.551. The Hall–Kier alpha value is -7.74. The quantitative estimate of drug-likeness (QED) is 0.154. The van der Waals surface area contributed by atoms with Crippen LogP contribution in [0.25, 0.3) is 82.4 Å². The smallest absolute Gasteiger partial charge is 0.238 e. The minimum absolute atomic E-state index is 0.551. The van der Waals surface area contributed by atoms with Gasteiger partial charge in [0, 0.05) is 44.5 Å². The number of aromatic nitrogens is 5. The highest BCUT2D eigenvalue weighted by atomic mass is 32.1. The third kappa shape index (κ3) is 6.40. The lowest BCUT2D eigenvalue weighted by Crippen LogP contribution is -2.09. The van der Waals surface area contributed by atoms with Crippen LogP contribution in [0, 0.1) is 0 Å². The first-order chi connectivity index (χ1) is 29.2. The van der Waals surface area contributed by atoms with E-state index in [4.69, 9.17) is 19.9 Å². The molecule has 11 rings (SSSR count). The van der Waals surface area contributed by atoms with Crippen molar-refractivity contribution in [2.45, 2.75) is 0 Å². The second-order valence-electron chi connectivity index (χ2n) is 14.4. The van der Waals surface area contributed by atoms with Crippen LogP contribution in [0.5, 0.6) is 0 Å². The molecule has 0 amide bonds. The van der Waals surface area contributed by atoms with Crippen LogP contribution in [-0.2, 0) is 0 Å². The zero-order chi connectivity index (χ0) is 39.1. The van der Waals surface area contributed by atoms with E-state index in [1.165, 1.54) is 0 Å². The topological polar surface area (TPSA) is 59.7 Å². The summed E-state index contributed by atoms with van der Waals surface area (Å²) in [6, 6.07) is 71.6. The molecule has 0 saturated heterocycles. The molecule has 0 aliphatic carbocycles. The molecule has 6 nitrogen and oxygen atoms in total. The molecular weight excluding hydrogens is 741 g/mol. The molecule has 0 atom stereocenters. The van der Waals surface area contributed by atoms with Crippen LogP contribution < -0.4 is 4.90 Å². The lowest BCUT2D eigenvalue weighted by Gasteiger charge is -2.25. The number of anilines is 3. The van der Waals surface area contributed by atoms with Gasteiger partial charge in [0.2, 0.25) is 5.95 Å². The van der Waals surface area contributed by atoms with Gasteiger partial charge >= 0.3 is 0 Å². The van der Waals surface area contributed by atoms with Gasteiger partial charge in [0.25, 0.3) is 0 Å². The van der Waals surface area contributed by atoms with Crippen molar-refractivity contribution in [1.82, 2.24) is 24.5 Å². The van der Waals surface area contributed by atoms with Crippen molar-refractivity contribution in [1.29, 1.82) is 0 Å². The molecule has 0 radical (unpaired) electrons. The van der Waals surface area contributed by atoms with E-state index in [9.17, 15) is 0 Å². The molecule has 8 aromatic carbocycles. The van der Waals surface area contributed by atoms with E-state index >= 15 is 0 Å². The number of hydrogen-bond acceptors (Lipinski definition) is 6. The summed E-state index contributed by atoms with van der Waals surface area (Å²) >= 11 is 1.71. The van der Waals surface area contributed by atoms with E-state index in [0.717, 1.165) is 81.9 Å². The molecule has 0 saturated carbocycles. The maximum absolute atomic E-state index is 5.18. The van der Waals surface area contributed by atoms with Crippen molar-refractivity contribution in [3.05, 3.63) is 206 Å². The number of hydrogen-bond donors (Lipinski definition) is 0. The molecule has 278 valence electrons. The molecule has 0 bridgehead atoms. The summed E-state index contributed by atoms with van der Waals surface area (Å²) in [5, 5.41) is 3.20. The van der Waals surface area contributed by atoms with Crippen LogP contribution >= 0.6 is 11.3 Å². The average molecular weight is 775 g/mol. The maximum Gasteiger partial charge on any atom is 0.238 e. The van der Waals surface area contributed by atoms with Gasteiger partial charge in [-0.3, -0.25) is 4.57 Å². The van der Waals surface area contributed by atoms with Gasteiger partial charge < -0.3 is 4.90 Å². The summed E-state index contributed by atoms with van der Waals surface area (Å²) in [4.78, 5) is 22.8. The summed E-state index contributed by atoms with van der Waals surface area (Å²) in [5.74, 6) is 1.78. The number of fused-ring (bicyclic) bond motifs is 4. The van der Waals surface area contributed by atoms with Crippen LogP contribution in [0.1, 0.15) is 0 Å². The summed E-state index contributed by atoms with van der Waals surface area (Å²) in [6.07, 6.45) is 0. The average Bonchev–Trinajstić information content (AvgIpc) is 3.88. The molecule has 7 heteroatoms. The summed E-state index contributed by atoms with van der Waals surface area (Å²) in [5.41, 5.74) is 11.4. The molecular formula is C52H34N6S. The first kappa shape index (κ1) is 34.5. The van der Waals surface area contributed by atoms with Crippen molar-refractivity contribution in [3.8, 4) is 50.4 Å². The third-order valence-corrected chi connectivity index (χ3v) is 11.7. The van der Waals surface area contributed by atoms with E-state index in [-0.39, 0.29) is 0 Å². The van der Waals surface area contributed by atoms with E-state index in [1.807, 2.05) is 66.7 Å². The molecule has 3 aromatic heterocycles. The highest BCUT2D eigenvalue weighted by Gasteiger charge is 2.21. The van der Waals surface area contributed by atoms with Crippen LogP contribution in [0.2, 0.25) is 0 Å². The fourth-order valence-corrected chi connectivity index (χ4v) is 8.83. The Balaban J connectivity index is 1.10. The SMILES string of the molecule is c1ccc(-c2nc(-c3ccccc3)nc(-n3c4ccc(-c5ccc(N(c6ccccc6)c6ccccc6)cc5)cc4c4cc5sc(-c6ccccc6)nc5cc43)n2)cc1. The number of rotatable bonds is 8. The Morgan fingerprint density at radius 1 is 0.373 bits per heavy atom. The van der Waals surface area contributed by atoms with Crippen LogP contribution in [0.4, 0.5) is 17.1 Å². The van der Waals surface area contributed by atoms with Gasteiger partial charge in [0.15, 0.2) is 11.6 Å². The summed E-state index contributed by atoms with van der Waals surface area (Å²) in [7, 11) is 0. The summed E-state index contributed by atoms with van der Waals surface area (Å²) < 4.78 is 3.30. The molecule has 3 heterocycles. The Morgan fingerprint density at radius 3 is 1.44 bits per heavy atom. The second-order valence-corrected chi connectivity index (χ2v) is 15.4. The normalized spacial score (nSPS) is 11.4. The van der Waals surface area contributed by atoms with Gasteiger partial charge in [0.1, 0.15) is 5.01 Å². The highest BCUT2D eigenvalue weighted by Crippen LogP contribution is 2.41. The van der Waals surface area contributed by atoms with Crippen LogP contribution in [0.15, 0.2) is 206 Å². The molecule has 0 aliphatic heterocycles. The Labute approximate surface area is 345 Å². The van der Waals surface area contributed by atoms with E-state index in [0.29, 0.717) is 17.6 Å². The number of nitrogens with zero attached hydrogens (tertiary/aromatic N) is 6. The molecule has 59 heavy (non-hydrogen) atoms. The first-order valence-corrected chi connectivity index (χ1v) is 20.4. The fraction of sp³-hybridized carbons (Fsp3) is 0.